The summed E-state index contributed by atoms with van der Waals surface area (Å²) in [4.78, 5) is 21.8. The van der Waals surface area contributed by atoms with Crippen LogP contribution in [0.15, 0.2) is 4.99 Å². The molecule has 0 spiro atoms. The standard InChI is InChI=1S/C22H43N5O2.HI/c1-5-23-22(24-16-20(29-6-2)13-14-26(3)4)25-19-12-15-27(17-19)21(28)18-10-8-7-9-11-18;/h18-20H,5-17H2,1-4H3,(H2,23,24,25);1H. The molecule has 8 heteroatoms. The number of aliphatic imine (C=N–C) groups is 1. The molecule has 2 unspecified atom stereocenters. The first kappa shape index (κ1) is 27.4. The molecule has 1 heterocycles. The van der Waals surface area contributed by atoms with E-state index in [1.165, 1.54) is 19.3 Å². The van der Waals surface area contributed by atoms with E-state index in [1.54, 1.807) is 0 Å². The molecule has 1 saturated carbocycles. The first-order valence-electron chi connectivity index (χ1n) is 11.6. The molecule has 0 aromatic carbocycles. The molecule has 1 amide bonds. The lowest BCUT2D eigenvalue weighted by Gasteiger charge is -2.26. The number of ether oxygens (including phenoxy) is 1. The van der Waals surface area contributed by atoms with Crippen LogP contribution in [0, 0.1) is 5.92 Å². The van der Waals surface area contributed by atoms with Gasteiger partial charge in [-0.05, 0) is 53.6 Å². The van der Waals surface area contributed by atoms with Crippen LogP contribution in [0.3, 0.4) is 0 Å². The zero-order valence-corrected chi connectivity index (χ0v) is 21.8. The van der Waals surface area contributed by atoms with Gasteiger partial charge in [-0.2, -0.15) is 0 Å². The molecule has 0 aromatic heterocycles. The molecule has 1 saturated heterocycles. The molecule has 30 heavy (non-hydrogen) atoms. The lowest BCUT2D eigenvalue weighted by molar-refractivity contribution is -0.135. The fourth-order valence-electron chi connectivity index (χ4n) is 4.26. The third-order valence-electron chi connectivity index (χ3n) is 5.89. The van der Waals surface area contributed by atoms with Gasteiger partial charge in [0.05, 0.1) is 12.6 Å². The van der Waals surface area contributed by atoms with Crippen LogP contribution in [0.25, 0.3) is 0 Å². The molecule has 1 aliphatic carbocycles. The Labute approximate surface area is 200 Å². The Morgan fingerprint density at radius 3 is 2.57 bits per heavy atom. The van der Waals surface area contributed by atoms with E-state index in [1.807, 2.05) is 6.92 Å². The maximum absolute atomic E-state index is 12.8. The Kier molecular flexibility index (Phi) is 13.9. The van der Waals surface area contributed by atoms with Gasteiger partial charge in [0.25, 0.3) is 0 Å². The second-order valence-electron chi connectivity index (χ2n) is 8.64. The van der Waals surface area contributed by atoms with Gasteiger partial charge in [0, 0.05) is 44.7 Å². The van der Waals surface area contributed by atoms with E-state index in [0.29, 0.717) is 19.1 Å². The van der Waals surface area contributed by atoms with Crippen molar-refractivity contribution in [3.05, 3.63) is 0 Å². The summed E-state index contributed by atoms with van der Waals surface area (Å²) >= 11 is 0. The lowest BCUT2D eigenvalue weighted by atomic mass is 9.88. The predicted molar refractivity (Wildman–Crippen MR) is 135 cm³/mol. The first-order valence-corrected chi connectivity index (χ1v) is 11.6. The molecule has 2 aliphatic rings. The highest BCUT2D eigenvalue weighted by Crippen LogP contribution is 2.26. The van der Waals surface area contributed by atoms with Crippen molar-refractivity contribution in [2.24, 2.45) is 10.9 Å². The van der Waals surface area contributed by atoms with E-state index in [0.717, 1.165) is 57.8 Å². The van der Waals surface area contributed by atoms with Gasteiger partial charge in [-0.15, -0.1) is 24.0 Å². The topological polar surface area (TPSA) is 69.2 Å². The minimum Gasteiger partial charge on any atom is -0.377 e. The maximum Gasteiger partial charge on any atom is 0.225 e. The van der Waals surface area contributed by atoms with E-state index < -0.39 is 0 Å². The summed E-state index contributed by atoms with van der Waals surface area (Å²) in [6.07, 6.45) is 7.93. The minimum absolute atomic E-state index is 0. The van der Waals surface area contributed by atoms with Gasteiger partial charge < -0.3 is 25.2 Å². The van der Waals surface area contributed by atoms with Crippen molar-refractivity contribution in [2.75, 3.05) is 53.4 Å². The zero-order valence-electron chi connectivity index (χ0n) is 19.5. The van der Waals surface area contributed by atoms with Crippen LogP contribution in [-0.2, 0) is 9.53 Å². The zero-order chi connectivity index (χ0) is 21.1. The highest BCUT2D eigenvalue weighted by atomic mass is 127. The Bertz CT molecular complexity index is 512. The van der Waals surface area contributed by atoms with Gasteiger partial charge >= 0.3 is 0 Å². The van der Waals surface area contributed by atoms with Crippen molar-refractivity contribution in [1.29, 1.82) is 0 Å². The van der Waals surface area contributed by atoms with Crippen LogP contribution in [0.4, 0.5) is 0 Å². The van der Waals surface area contributed by atoms with Gasteiger partial charge in [0.1, 0.15) is 0 Å². The lowest BCUT2D eigenvalue weighted by Crippen LogP contribution is -2.46. The summed E-state index contributed by atoms with van der Waals surface area (Å²) in [7, 11) is 4.16. The van der Waals surface area contributed by atoms with Crippen molar-refractivity contribution in [2.45, 2.75) is 70.9 Å². The van der Waals surface area contributed by atoms with Crippen LogP contribution >= 0.6 is 24.0 Å². The number of likely N-dealkylation sites (tertiary alicyclic amines) is 1. The predicted octanol–water partition coefficient (Wildman–Crippen LogP) is 2.70. The molecule has 7 nitrogen and oxygen atoms in total. The van der Waals surface area contributed by atoms with Gasteiger partial charge in [-0.25, -0.2) is 0 Å². The third-order valence-corrected chi connectivity index (χ3v) is 5.89. The third kappa shape index (κ3) is 9.68. The van der Waals surface area contributed by atoms with Crippen LogP contribution in [-0.4, -0.2) is 87.2 Å². The van der Waals surface area contributed by atoms with Crippen molar-refractivity contribution in [1.82, 2.24) is 20.4 Å². The van der Waals surface area contributed by atoms with Crippen LogP contribution in [0.2, 0.25) is 0 Å². The van der Waals surface area contributed by atoms with E-state index in [-0.39, 0.29) is 42.0 Å². The molecule has 1 aliphatic heterocycles. The van der Waals surface area contributed by atoms with Gasteiger partial charge in [-0.3, -0.25) is 9.79 Å². The number of hydrogen-bond donors (Lipinski definition) is 2. The Morgan fingerprint density at radius 2 is 1.93 bits per heavy atom. The second kappa shape index (κ2) is 15.2. The molecule has 2 atom stereocenters. The summed E-state index contributed by atoms with van der Waals surface area (Å²) < 4.78 is 5.86. The van der Waals surface area contributed by atoms with Crippen molar-refractivity contribution in [3.63, 3.8) is 0 Å². The summed E-state index contributed by atoms with van der Waals surface area (Å²) in [5.41, 5.74) is 0. The molecular weight excluding hydrogens is 493 g/mol. The molecule has 2 N–H and O–H groups in total. The average molecular weight is 538 g/mol. The van der Waals surface area contributed by atoms with Crippen LogP contribution < -0.4 is 10.6 Å². The van der Waals surface area contributed by atoms with Gasteiger partial charge in [-0.1, -0.05) is 19.3 Å². The summed E-state index contributed by atoms with van der Waals surface area (Å²) in [5, 5.41) is 6.89. The average Bonchev–Trinajstić information content (AvgIpc) is 3.18. The van der Waals surface area contributed by atoms with E-state index in [2.05, 4.69) is 41.5 Å². The number of nitrogens with one attached hydrogen (secondary N) is 2. The number of amides is 1. The van der Waals surface area contributed by atoms with Gasteiger partial charge in [0.15, 0.2) is 5.96 Å². The number of carbonyl (C=O) groups excluding carboxylic acids is 1. The number of carbonyl (C=O) groups is 1. The van der Waals surface area contributed by atoms with E-state index in [4.69, 9.17) is 9.73 Å². The Balaban J connectivity index is 0.00000450. The first-order chi connectivity index (χ1) is 14.0. The quantitative estimate of drug-likeness (QED) is 0.255. The maximum atomic E-state index is 12.8. The highest BCUT2D eigenvalue weighted by Gasteiger charge is 2.31. The van der Waals surface area contributed by atoms with Crippen LogP contribution in [0.5, 0.6) is 0 Å². The number of guanidine groups is 1. The summed E-state index contributed by atoms with van der Waals surface area (Å²) in [6, 6.07) is 0.271. The SMILES string of the molecule is CCNC(=NCC(CCN(C)C)OCC)NC1CCN(C(=O)C2CCCCC2)C1.I. The normalized spacial score (nSPS) is 21.4. The fraction of sp³-hybridized carbons (Fsp3) is 0.909. The smallest absolute Gasteiger partial charge is 0.225 e. The summed E-state index contributed by atoms with van der Waals surface area (Å²) in [5.74, 6) is 1.46. The number of nitrogens with zero attached hydrogens (tertiary/aromatic N) is 3. The molecule has 2 fully saturated rings. The fourth-order valence-corrected chi connectivity index (χ4v) is 4.26. The largest absolute Gasteiger partial charge is 0.377 e. The molecular formula is C22H44IN5O2. The number of halogens is 1. The van der Waals surface area contributed by atoms with Crippen molar-refractivity contribution in [3.8, 4) is 0 Å². The van der Waals surface area contributed by atoms with Crippen molar-refractivity contribution >= 4 is 35.8 Å². The second-order valence-corrected chi connectivity index (χ2v) is 8.64. The monoisotopic (exact) mass is 537 g/mol. The van der Waals surface area contributed by atoms with Crippen molar-refractivity contribution < 1.29 is 9.53 Å². The molecule has 0 radical (unpaired) electrons. The number of hydrogen-bond acceptors (Lipinski definition) is 4. The summed E-state index contributed by atoms with van der Waals surface area (Å²) in [6.45, 7) is 8.92. The minimum atomic E-state index is 0. The molecule has 2 rings (SSSR count). The molecule has 0 bridgehead atoms. The number of rotatable bonds is 10. The van der Waals surface area contributed by atoms with Crippen LogP contribution in [0.1, 0.15) is 58.8 Å². The van der Waals surface area contributed by atoms with E-state index >= 15 is 0 Å². The Hall–Kier alpha value is -0.610. The highest BCUT2D eigenvalue weighted by molar-refractivity contribution is 14.0. The van der Waals surface area contributed by atoms with E-state index in [9.17, 15) is 4.79 Å². The molecule has 176 valence electrons. The Morgan fingerprint density at radius 1 is 1.20 bits per heavy atom. The van der Waals surface area contributed by atoms with Gasteiger partial charge in [0.2, 0.25) is 5.91 Å². The molecule has 0 aromatic rings.